The molecule has 0 aliphatic rings. The quantitative estimate of drug-likeness (QED) is 0.747. The molecular weight excluding hydrogens is 190 g/mol. The number of carbonyl (C=O) groups is 1. The van der Waals surface area contributed by atoms with Crippen molar-refractivity contribution < 1.29 is 4.79 Å². The number of hydrogen-bond acceptors (Lipinski definition) is 3. The molecule has 0 saturated heterocycles. The van der Waals surface area contributed by atoms with Crippen molar-refractivity contribution >= 4 is 6.29 Å². The summed E-state index contributed by atoms with van der Waals surface area (Å²) < 4.78 is 1.88. The van der Waals surface area contributed by atoms with Gasteiger partial charge in [0.2, 0.25) is 0 Å². The predicted molar refractivity (Wildman–Crippen MR) is 59.1 cm³/mol. The molecule has 0 spiro atoms. The minimum atomic E-state index is 0.684. The summed E-state index contributed by atoms with van der Waals surface area (Å²) in [6.07, 6.45) is 6.12. The molecule has 0 bridgehead atoms. The van der Waals surface area contributed by atoms with E-state index < -0.39 is 0 Å². The van der Waals surface area contributed by atoms with E-state index in [1.807, 2.05) is 22.9 Å². The molecule has 4 nitrogen and oxygen atoms in total. The Labute approximate surface area is 88.4 Å². The molecule has 2 N–H and O–H groups in total. The second-order valence-electron chi connectivity index (χ2n) is 2.68. The Morgan fingerprint density at radius 1 is 1.27 bits per heavy atom. The first-order valence-corrected chi connectivity index (χ1v) is 4.51. The Hall–Kier alpha value is -1.94. The van der Waals surface area contributed by atoms with Gasteiger partial charge in [0.15, 0.2) is 0 Å². The van der Waals surface area contributed by atoms with Crippen molar-refractivity contribution in [1.82, 2.24) is 9.55 Å². The fourth-order valence-electron chi connectivity index (χ4n) is 1.14. The van der Waals surface area contributed by atoms with Gasteiger partial charge in [0.25, 0.3) is 0 Å². The first-order chi connectivity index (χ1) is 7.40. The molecule has 1 aromatic carbocycles. The highest BCUT2D eigenvalue weighted by Crippen LogP contribution is 2.07. The van der Waals surface area contributed by atoms with Crippen molar-refractivity contribution in [2.45, 2.75) is 0 Å². The van der Waals surface area contributed by atoms with Crippen molar-refractivity contribution in [2.75, 3.05) is 7.05 Å². The normalized spacial score (nSPS) is 8.93. The minimum absolute atomic E-state index is 0.684. The van der Waals surface area contributed by atoms with Crippen LogP contribution in [0.5, 0.6) is 0 Å². The van der Waals surface area contributed by atoms with Crippen molar-refractivity contribution in [3.8, 4) is 5.69 Å². The van der Waals surface area contributed by atoms with Gasteiger partial charge in [0, 0.05) is 23.6 Å². The van der Waals surface area contributed by atoms with Crippen molar-refractivity contribution in [1.29, 1.82) is 0 Å². The van der Waals surface area contributed by atoms with Gasteiger partial charge in [0.05, 0.1) is 6.33 Å². The number of nitrogens with zero attached hydrogens (tertiary/aromatic N) is 2. The van der Waals surface area contributed by atoms with Gasteiger partial charge in [-0.15, -0.1) is 0 Å². The van der Waals surface area contributed by atoms with Gasteiger partial charge in [-0.3, -0.25) is 4.79 Å². The molecule has 0 amide bonds. The molecule has 0 unspecified atom stereocenters. The lowest BCUT2D eigenvalue weighted by atomic mass is 10.2. The molecule has 1 aromatic heterocycles. The molecule has 2 rings (SSSR count). The summed E-state index contributed by atoms with van der Waals surface area (Å²) >= 11 is 0. The molecular formula is C11H13N3O. The number of carbonyl (C=O) groups excluding carboxylic acids is 1. The van der Waals surface area contributed by atoms with Crippen LogP contribution in [0.25, 0.3) is 5.69 Å². The van der Waals surface area contributed by atoms with Gasteiger partial charge in [-0.1, -0.05) is 0 Å². The van der Waals surface area contributed by atoms with Gasteiger partial charge in [0.1, 0.15) is 6.29 Å². The Balaban J connectivity index is 0.000000531. The average Bonchev–Trinajstić information content (AvgIpc) is 2.85. The molecule has 0 aliphatic carbocycles. The van der Waals surface area contributed by atoms with Crippen LogP contribution in [0.3, 0.4) is 0 Å². The van der Waals surface area contributed by atoms with Crippen LogP contribution in [0.1, 0.15) is 10.4 Å². The molecule has 1 heterocycles. The number of benzene rings is 1. The lowest BCUT2D eigenvalue weighted by Gasteiger charge is -2.00. The van der Waals surface area contributed by atoms with Crippen molar-refractivity contribution in [3.63, 3.8) is 0 Å². The van der Waals surface area contributed by atoms with E-state index in [9.17, 15) is 4.79 Å². The third-order valence-corrected chi connectivity index (χ3v) is 1.83. The summed E-state index contributed by atoms with van der Waals surface area (Å²) in [6, 6.07) is 7.32. The Morgan fingerprint density at radius 2 is 1.93 bits per heavy atom. The van der Waals surface area contributed by atoms with Crippen molar-refractivity contribution in [3.05, 3.63) is 48.5 Å². The topological polar surface area (TPSA) is 60.9 Å². The van der Waals surface area contributed by atoms with E-state index in [1.165, 1.54) is 7.05 Å². The van der Waals surface area contributed by atoms with Gasteiger partial charge in [-0.2, -0.15) is 0 Å². The molecule has 0 saturated carbocycles. The molecule has 4 heteroatoms. The fraction of sp³-hybridized carbons (Fsp3) is 0.0909. The maximum absolute atomic E-state index is 10.4. The molecule has 0 radical (unpaired) electrons. The zero-order valence-corrected chi connectivity index (χ0v) is 8.50. The standard InChI is InChI=1S/C10H8N2O.CH5N/c13-7-9-1-3-10(4-2-9)12-6-5-11-8-12;1-2/h1-8H;2H2,1H3. The second kappa shape index (κ2) is 5.72. The number of imidazole rings is 1. The van der Waals surface area contributed by atoms with Gasteiger partial charge in [-0.05, 0) is 31.3 Å². The number of aldehydes is 1. The summed E-state index contributed by atoms with van der Waals surface area (Å²) in [7, 11) is 1.50. The van der Waals surface area contributed by atoms with Gasteiger partial charge in [-0.25, -0.2) is 4.98 Å². The first kappa shape index (κ1) is 11.1. The summed E-state index contributed by atoms with van der Waals surface area (Å²) in [4.78, 5) is 14.3. The fourth-order valence-corrected chi connectivity index (χ4v) is 1.14. The zero-order valence-electron chi connectivity index (χ0n) is 8.50. The van der Waals surface area contributed by atoms with Crippen LogP contribution < -0.4 is 5.73 Å². The highest BCUT2D eigenvalue weighted by atomic mass is 16.1. The van der Waals surface area contributed by atoms with Crippen LogP contribution >= 0.6 is 0 Å². The van der Waals surface area contributed by atoms with E-state index in [0.717, 1.165) is 12.0 Å². The predicted octanol–water partition coefficient (Wildman–Crippen LogP) is 1.26. The minimum Gasteiger partial charge on any atom is -0.333 e. The van der Waals surface area contributed by atoms with E-state index >= 15 is 0 Å². The SMILES string of the molecule is CN.O=Cc1ccc(-n2ccnc2)cc1. The summed E-state index contributed by atoms with van der Waals surface area (Å²) in [6.45, 7) is 0. The van der Waals surface area contributed by atoms with Crippen molar-refractivity contribution in [2.24, 2.45) is 5.73 Å². The van der Waals surface area contributed by atoms with Crippen LogP contribution in [0.2, 0.25) is 0 Å². The maximum atomic E-state index is 10.4. The van der Waals surface area contributed by atoms with Crippen LogP contribution in [0, 0.1) is 0 Å². The summed E-state index contributed by atoms with van der Waals surface area (Å²) in [5.41, 5.74) is 6.19. The van der Waals surface area contributed by atoms with E-state index in [4.69, 9.17) is 0 Å². The second-order valence-corrected chi connectivity index (χ2v) is 2.68. The highest BCUT2D eigenvalue weighted by molar-refractivity contribution is 5.75. The smallest absolute Gasteiger partial charge is 0.150 e. The van der Waals surface area contributed by atoms with E-state index in [2.05, 4.69) is 10.7 Å². The van der Waals surface area contributed by atoms with E-state index in [0.29, 0.717) is 5.56 Å². The Bertz CT molecular complexity index is 392. The summed E-state index contributed by atoms with van der Waals surface area (Å²) in [5, 5.41) is 0. The Kier molecular flexibility index (Phi) is 4.25. The lowest BCUT2D eigenvalue weighted by Crippen LogP contribution is -1.89. The lowest BCUT2D eigenvalue weighted by molar-refractivity contribution is 0.112. The third-order valence-electron chi connectivity index (χ3n) is 1.83. The zero-order chi connectivity index (χ0) is 11.1. The molecule has 78 valence electrons. The van der Waals surface area contributed by atoms with E-state index in [-0.39, 0.29) is 0 Å². The molecule has 2 aromatic rings. The van der Waals surface area contributed by atoms with Crippen LogP contribution in [0.4, 0.5) is 0 Å². The van der Waals surface area contributed by atoms with Gasteiger partial charge >= 0.3 is 0 Å². The number of hydrogen-bond donors (Lipinski definition) is 1. The molecule has 0 aliphatic heterocycles. The van der Waals surface area contributed by atoms with E-state index in [1.54, 1.807) is 24.7 Å². The number of nitrogens with two attached hydrogens (primary N) is 1. The molecule has 15 heavy (non-hydrogen) atoms. The van der Waals surface area contributed by atoms with Crippen LogP contribution in [-0.4, -0.2) is 22.9 Å². The van der Waals surface area contributed by atoms with Crippen LogP contribution in [0.15, 0.2) is 43.0 Å². The van der Waals surface area contributed by atoms with Gasteiger partial charge < -0.3 is 10.3 Å². The third kappa shape index (κ3) is 2.75. The maximum Gasteiger partial charge on any atom is 0.150 e. The van der Waals surface area contributed by atoms with Crippen LogP contribution in [-0.2, 0) is 0 Å². The average molecular weight is 203 g/mol. The number of aromatic nitrogens is 2. The number of rotatable bonds is 2. The largest absolute Gasteiger partial charge is 0.333 e. The first-order valence-electron chi connectivity index (χ1n) is 4.51. The monoisotopic (exact) mass is 203 g/mol. The highest BCUT2D eigenvalue weighted by Gasteiger charge is 1.94. The molecule has 0 fully saturated rings. The summed E-state index contributed by atoms with van der Waals surface area (Å²) in [5.74, 6) is 0. The molecule has 0 atom stereocenters. The Morgan fingerprint density at radius 3 is 2.40 bits per heavy atom.